The number of hydrogen-bond acceptors (Lipinski definition) is 4. The molecule has 1 rings (SSSR count). The van der Waals surface area contributed by atoms with Gasteiger partial charge in [0.15, 0.2) is 0 Å². The Morgan fingerprint density at radius 1 is 1.20 bits per heavy atom. The van der Waals surface area contributed by atoms with E-state index in [1.165, 1.54) is 0 Å². The largest absolute Gasteiger partial charge is 0.456 e. The topological polar surface area (TPSA) is 64.6 Å². The predicted molar refractivity (Wildman–Crippen MR) is 74.7 cm³/mol. The molecule has 0 aliphatic heterocycles. The lowest BCUT2D eigenvalue weighted by molar-refractivity contribution is -0.140. The molecule has 0 atom stereocenters. The van der Waals surface area contributed by atoms with Gasteiger partial charge in [-0.2, -0.15) is 0 Å². The highest BCUT2D eigenvalue weighted by molar-refractivity contribution is 5.91. The van der Waals surface area contributed by atoms with E-state index < -0.39 is 17.7 Å². The summed E-state index contributed by atoms with van der Waals surface area (Å²) in [5.41, 5.74) is 0.0549. The zero-order valence-electron chi connectivity index (χ0n) is 11.9. The fourth-order valence-electron chi connectivity index (χ4n) is 1.29. The van der Waals surface area contributed by atoms with E-state index in [2.05, 4.69) is 11.9 Å². The van der Waals surface area contributed by atoms with Crippen LogP contribution >= 0.6 is 0 Å². The quantitative estimate of drug-likeness (QED) is 0.679. The Hall–Kier alpha value is -2.30. The Morgan fingerprint density at radius 2 is 1.80 bits per heavy atom. The van der Waals surface area contributed by atoms with Crippen LogP contribution in [0.1, 0.15) is 26.3 Å². The molecule has 0 bridgehead atoms. The zero-order chi connectivity index (χ0) is 15.2. The lowest BCUT2D eigenvalue weighted by atomic mass is 10.2. The van der Waals surface area contributed by atoms with Crippen molar-refractivity contribution in [2.75, 3.05) is 0 Å². The van der Waals surface area contributed by atoms with Crippen LogP contribution in [-0.2, 0) is 20.9 Å². The SMILES string of the molecule is C=C(NC(=O)OC(C)(C)C)C(=O)OCc1ccccc1. The second-order valence-corrected chi connectivity index (χ2v) is 5.17. The number of carbonyl (C=O) groups is 2. The maximum atomic E-state index is 11.6. The molecule has 20 heavy (non-hydrogen) atoms. The molecular weight excluding hydrogens is 258 g/mol. The minimum Gasteiger partial charge on any atom is -0.456 e. The van der Waals surface area contributed by atoms with E-state index in [1.807, 2.05) is 30.3 Å². The molecule has 0 unspecified atom stereocenters. The van der Waals surface area contributed by atoms with Gasteiger partial charge in [-0.15, -0.1) is 0 Å². The van der Waals surface area contributed by atoms with Crippen LogP contribution in [0.5, 0.6) is 0 Å². The third-order valence-electron chi connectivity index (χ3n) is 2.11. The van der Waals surface area contributed by atoms with Gasteiger partial charge in [0.2, 0.25) is 0 Å². The van der Waals surface area contributed by atoms with Crippen molar-refractivity contribution in [3.8, 4) is 0 Å². The molecule has 1 amide bonds. The average molecular weight is 277 g/mol. The highest BCUT2D eigenvalue weighted by atomic mass is 16.6. The van der Waals surface area contributed by atoms with Gasteiger partial charge in [-0.25, -0.2) is 9.59 Å². The van der Waals surface area contributed by atoms with Crippen LogP contribution in [0.2, 0.25) is 0 Å². The smallest absolute Gasteiger partial charge is 0.412 e. The molecule has 5 heteroatoms. The number of carbonyl (C=O) groups excluding carboxylic acids is 2. The van der Waals surface area contributed by atoms with Crippen LogP contribution in [0.25, 0.3) is 0 Å². The molecule has 0 fully saturated rings. The summed E-state index contributed by atoms with van der Waals surface area (Å²) in [5, 5.41) is 2.24. The van der Waals surface area contributed by atoms with Gasteiger partial charge in [0.25, 0.3) is 0 Å². The molecule has 5 nitrogen and oxygen atoms in total. The van der Waals surface area contributed by atoms with E-state index in [4.69, 9.17) is 9.47 Å². The third-order valence-corrected chi connectivity index (χ3v) is 2.11. The summed E-state index contributed by atoms with van der Waals surface area (Å²) in [6, 6.07) is 9.22. The van der Waals surface area contributed by atoms with Crippen LogP contribution in [-0.4, -0.2) is 17.7 Å². The van der Waals surface area contributed by atoms with Gasteiger partial charge < -0.3 is 9.47 Å². The Morgan fingerprint density at radius 3 is 2.35 bits per heavy atom. The van der Waals surface area contributed by atoms with Gasteiger partial charge in [0, 0.05) is 0 Å². The van der Waals surface area contributed by atoms with E-state index in [-0.39, 0.29) is 12.3 Å². The Labute approximate surface area is 118 Å². The summed E-state index contributed by atoms with van der Waals surface area (Å²) in [6.45, 7) is 8.75. The zero-order valence-corrected chi connectivity index (χ0v) is 11.9. The highest BCUT2D eigenvalue weighted by Gasteiger charge is 2.19. The molecule has 0 aliphatic carbocycles. The Balaban J connectivity index is 2.40. The Kier molecular flexibility index (Phi) is 5.32. The van der Waals surface area contributed by atoms with Crippen LogP contribution in [0.4, 0.5) is 4.79 Å². The van der Waals surface area contributed by atoms with E-state index in [0.717, 1.165) is 5.56 Å². The summed E-state index contributed by atoms with van der Waals surface area (Å²) in [6.07, 6.45) is -0.737. The summed E-state index contributed by atoms with van der Waals surface area (Å²) >= 11 is 0. The summed E-state index contributed by atoms with van der Waals surface area (Å²) in [5.74, 6) is -0.695. The minimum absolute atomic E-state index is 0.120. The second-order valence-electron chi connectivity index (χ2n) is 5.17. The van der Waals surface area contributed by atoms with Crippen molar-refractivity contribution in [3.63, 3.8) is 0 Å². The minimum atomic E-state index is -0.737. The van der Waals surface area contributed by atoms with Crippen molar-refractivity contribution in [3.05, 3.63) is 48.2 Å². The van der Waals surface area contributed by atoms with Gasteiger partial charge >= 0.3 is 12.1 Å². The molecule has 0 spiro atoms. The van der Waals surface area contributed by atoms with E-state index >= 15 is 0 Å². The number of benzene rings is 1. The van der Waals surface area contributed by atoms with Crippen molar-refractivity contribution >= 4 is 12.1 Å². The van der Waals surface area contributed by atoms with Crippen molar-refractivity contribution in [1.82, 2.24) is 5.32 Å². The molecule has 0 saturated carbocycles. The first-order valence-corrected chi connectivity index (χ1v) is 6.18. The lowest BCUT2D eigenvalue weighted by Crippen LogP contribution is -2.34. The number of alkyl carbamates (subject to hydrolysis) is 1. The van der Waals surface area contributed by atoms with Gasteiger partial charge in [-0.3, -0.25) is 5.32 Å². The Bertz CT molecular complexity index is 488. The highest BCUT2D eigenvalue weighted by Crippen LogP contribution is 2.07. The predicted octanol–water partition coefficient (Wildman–Crippen LogP) is 2.77. The van der Waals surface area contributed by atoms with E-state index in [9.17, 15) is 9.59 Å². The monoisotopic (exact) mass is 277 g/mol. The van der Waals surface area contributed by atoms with Crippen LogP contribution in [0, 0.1) is 0 Å². The average Bonchev–Trinajstić information content (AvgIpc) is 2.34. The molecule has 1 aromatic rings. The molecule has 0 radical (unpaired) electrons. The number of ether oxygens (including phenoxy) is 2. The second kappa shape index (κ2) is 6.75. The lowest BCUT2D eigenvalue weighted by Gasteiger charge is -2.19. The molecule has 1 aromatic carbocycles. The fourth-order valence-corrected chi connectivity index (χ4v) is 1.29. The van der Waals surface area contributed by atoms with Crippen LogP contribution in [0.3, 0.4) is 0 Å². The van der Waals surface area contributed by atoms with Crippen LogP contribution < -0.4 is 5.32 Å². The number of nitrogens with one attached hydrogen (secondary N) is 1. The standard InChI is InChI=1S/C15H19NO4/c1-11(16-14(18)20-15(2,3)4)13(17)19-10-12-8-6-5-7-9-12/h5-9H,1,10H2,2-4H3,(H,16,18). The maximum Gasteiger partial charge on any atom is 0.412 e. The normalized spacial score (nSPS) is 10.6. The molecule has 0 heterocycles. The molecule has 108 valence electrons. The van der Waals surface area contributed by atoms with Crippen molar-refractivity contribution < 1.29 is 19.1 Å². The number of amides is 1. The first-order chi connectivity index (χ1) is 9.28. The van der Waals surface area contributed by atoms with Gasteiger partial charge in [0.1, 0.15) is 17.9 Å². The van der Waals surface area contributed by atoms with Crippen molar-refractivity contribution in [2.45, 2.75) is 33.0 Å². The number of rotatable bonds is 4. The molecule has 1 N–H and O–H groups in total. The molecule has 0 saturated heterocycles. The first-order valence-electron chi connectivity index (χ1n) is 6.18. The van der Waals surface area contributed by atoms with Gasteiger partial charge in [0.05, 0.1) is 0 Å². The summed E-state index contributed by atoms with van der Waals surface area (Å²) < 4.78 is 10.0. The van der Waals surface area contributed by atoms with Gasteiger partial charge in [-0.1, -0.05) is 36.9 Å². The maximum absolute atomic E-state index is 11.6. The summed E-state index contributed by atoms with van der Waals surface area (Å²) in [7, 11) is 0. The summed E-state index contributed by atoms with van der Waals surface area (Å²) in [4.78, 5) is 23.1. The number of esters is 1. The van der Waals surface area contributed by atoms with Gasteiger partial charge in [-0.05, 0) is 26.3 Å². The van der Waals surface area contributed by atoms with Crippen molar-refractivity contribution in [2.24, 2.45) is 0 Å². The number of hydrogen-bond donors (Lipinski definition) is 1. The van der Waals surface area contributed by atoms with E-state index in [1.54, 1.807) is 20.8 Å². The molecular formula is C15H19NO4. The van der Waals surface area contributed by atoms with Crippen LogP contribution in [0.15, 0.2) is 42.6 Å². The third kappa shape index (κ3) is 6.04. The first kappa shape index (κ1) is 15.8. The fraction of sp³-hybridized carbons (Fsp3) is 0.333. The molecule has 0 aliphatic rings. The molecule has 0 aromatic heterocycles. The van der Waals surface area contributed by atoms with E-state index in [0.29, 0.717) is 0 Å². The van der Waals surface area contributed by atoms with Crippen molar-refractivity contribution in [1.29, 1.82) is 0 Å².